The maximum atomic E-state index is 12.5. The zero-order chi connectivity index (χ0) is 12.6. The van der Waals surface area contributed by atoms with Crippen molar-refractivity contribution in [1.29, 1.82) is 0 Å². The quantitative estimate of drug-likeness (QED) is 0.695. The van der Waals surface area contributed by atoms with E-state index in [1.165, 1.54) is 6.07 Å². The lowest BCUT2D eigenvalue weighted by molar-refractivity contribution is -0.140. The van der Waals surface area contributed by atoms with Gasteiger partial charge in [0.2, 0.25) is 0 Å². The first kappa shape index (κ1) is 12.4. The van der Waals surface area contributed by atoms with E-state index in [-0.39, 0.29) is 4.83 Å². The molecular weight excluding hydrogens is 295 g/mol. The highest BCUT2D eigenvalue weighted by molar-refractivity contribution is 9.09. The fourth-order valence-electron chi connectivity index (χ4n) is 1.55. The molecule has 1 atom stereocenters. The Balaban J connectivity index is 2.54. The highest BCUT2D eigenvalue weighted by Crippen LogP contribution is 2.30. The minimum Gasteiger partial charge on any atom is -0.243 e. The first-order chi connectivity index (χ1) is 7.88. The van der Waals surface area contributed by atoms with Gasteiger partial charge >= 0.3 is 6.18 Å². The average Bonchev–Trinajstić information content (AvgIpc) is 2.26. The van der Waals surface area contributed by atoms with Crippen molar-refractivity contribution in [2.24, 2.45) is 0 Å². The van der Waals surface area contributed by atoms with Gasteiger partial charge in [-0.25, -0.2) is 4.98 Å². The molecule has 0 amide bonds. The van der Waals surface area contributed by atoms with Crippen LogP contribution in [0.1, 0.15) is 23.0 Å². The van der Waals surface area contributed by atoms with Gasteiger partial charge < -0.3 is 0 Å². The Morgan fingerprint density at radius 2 is 1.88 bits per heavy atom. The van der Waals surface area contributed by atoms with Crippen LogP contribution in [0.15, 0.2) is 30.3 Å². The summed E-state index contributed by atoms with van der Waals surface area (Å²) < 4.78 is 37.4. The lowest BCUT2D eigenvalue weighted by Crippen LogP contribution is -2.07. The van der Waals surface area contributed by atoms with Crippen LogP contribution in [0, 0.1) is 0 Å². The Morgan fingerprint density at radius 1 is 1.18 bits per heavy atom. The third-order valence-electron chi connectivity index (χ3n) is 2.46. The van der Waals surface area contributed by atoms with Crippen LogP contribution < -0.4 is 0 Å². The van der Waals surface area contributed by atoms with Crippen LogP contribution >= 0.6 is 15.9 Å². The summed E-state index contributed by atoms with van der Waals surface area (Å²) in [5.41, 5.74) is 0.514. The van der Waals surface area contributed by atoms with Crippen molar-refractivity contribution in [3.05, 3.63) is 41.6 Å². The fraction of sp³-hybridized carbons (Fsp3) is 0.250. The zero-order valence-electron chi connectivity index (χ0n) is 8.92. The van der Waals surface area contributed by atoms with Crippen LogP contribution in [0.3, 0.4) is 0 Å². The molecule has 0 saturated heterocycles. The molecule has 0 aliphatic heterocycles. The van der Waals surface area contributed by atoms with E-state index in [0.29, 0.717) is 10.9 Å². The molecule has 1 nitrogen and oxygen atoms in total. The third kappa shape index (κ3) is 2.60. The molecule has 0 spiro atoms. The SMILES string of the molecule is CC(Br)c1ccc2nc(C(F)(F)F)ccc2c1. The summed E-state index contributed by atoms with van der Waals surface area (Å²) in [6.07, 6.45) is -4.39. The van der Waals surface area contributed by atoms with E-state index in [0.717, 1.165) is 11.6 Å². The molecule has 1 aromatic carbocycles. The van der Waals surface area contributed by atoms with E-state index >= 15 is 0 Å². The maximum Gasteiger partial charge on any atom is 0.433 e. The molecule has 2 rings (SSSR count). The molecule has 17 heavy (non-hydrogen) atoms. The molecular formula is C12H9BrF3N. The van der Waals surface area contributed by atoms with Crippen LogP contribution in [0.25, 0.3) is 10.9 Å². The molecule has 0 radical (unpaired) electrons. The molecule has 5 heteroatoms. The zero-order valence-corrected chi connectivity index (χ0v) is 10.5. The third-order valence-corrected chi connectivity index (χ3v) is 2.99. The fourth-order valence-corrected chi connectivity index (χ4v) is 1.83. The number of alkyl halides is 4. The van der Waals surface area contributed by atoms with Gasteiger partial charge in [-0.05, 0) is 30.7 Å². The van der Waals surface area contributed by atoms with E-state index in [1.807, 2.05) is 13.0 Å². The number of halogens is 4. The maximum absolute atomic E-state index is 12.5. The molecule has 1 heterocycles. The highest BCUT2D eigenvalue weighted by atomic mass is 79.9. The van der Waals surface area contributed by atoms with E-state index in [2.05, 4.69) is 20.9 Å². The second-order valence-electron chi connectivity index (χ2n) is 3.76. The first-order valence-corrected chi connectivity index (χ1v) is 5.91. The van der Waals surface area contributed by atoms with E-state index in [4.69, 9.17) is 0 Å². The number of rotatable bonds is 1. The summed E-state index contributed by atoms with van der Waals surface area (Å²) in [6.45, 7) is 1.96. The summed E-state index contributed by atoms with van der Waals surface area (Å²) in [6, 6.07) is 7.67. The van der Waals surface area contributed by atoms with Crippen LogP contribution in [-0.2, 0) is 6.18 Å². The van der Waals surface area contributed by atoms with Crippen LogP contribution in [0.4, 0.5) is 13.2 Å². The summed E-state index contributed by atoms with van der Waals surface area (Å²) >= 11 is 3.41. The number of benzene rings is 1. The topological polar surface area (TPSA) is 12.9 Å². The molecule has 0 aliphatic carbocycles. The van der Waals surface area contributed by atoms with Gasteiger partial charge in [0.1, 0.15) is 5.69 Å². The molecule has 0 bridgehead atoms. The second kappa shape index (κ2) is 4.29. The van der Waals surface area contributed by atoms with Gasteiger partial charge in [-0.2, -0.15) is 13.2 Å². The number of hydrogen-bond donors (Lipinski definition) is 0. The van der Waals surface area contributed by atoms with Crippen molar-refractivity contribution in [3.8, 4) is 0 Å². The second-order valence-corrected chi connectivity index (χ2v) is 5.14. The monoisotopic (exact) mass is 303 g/mol. The van der Waals surface area contributed by atoms with Crippen molar-refractivity contribution >= 4 is 26.8 Å². The number of nitrogens with zero attached hydrogens (tertiary/aromatic N) is 1. The van der Waals surface area contributed by atoms with Gasteiger partial charge in [-0.3, -0.25) is 0 Å². The molecule has 90 valence electrons. The van der Waals surface area contributed by atoms with E-state index in [1.54, 1.807) is 12.1 Å². The number of pyridine rings is 1. The summed E-state index contributed by atoms with van der Waals surface area (Å²) in [4.78, 5) is 3.77. The van der Waals surface area contributed by atoms with Crippen LogP contribution in [0.5, 0.6) is 0 Å². The van der Waals surface area contributed by atoms with Gasteiger partial charge in [0.25, 0.3) is 0 Å². The standard InChI is InChI=1S/C12H9BrF3N/c1-7(13)8-2-4-10-9(6-8)3-5-11(17-10)12(14,15)16/h2-7H,1H3. The van der Waals surface area contributed by atoms with Crippen molar-refractivity contribution in [2.45, 2.75) is 17.9 Å². The molecule has 0 fully saturated rings. The van der Waals surface area contributed by atoms with E-state index < -0.39 is 11.9 Å². The Labute approximate surface area is 105 Å². The largest absolute Gasteiger partial charge is 0.433 e. The van der Waals surface area contributed by atoms with Crippen molar-refractivity contribution in [2.75, 3.05) is 0 Å². The molecule has 2 aromatic rings. The number of hydrogen-bond acceptors (Lipinski definition) is 1. The lowest BCUT2D eigenvalue weighted by Gasteiger charge is -2.08. The first-order valence-electron chi connectivity index (χ1n) is 5.00. The van der Waals surface area contributed by atoms with Gasteiger partial charge in [0.15, 0.2) is 0 Å². The van der Waals surface area contributed by atoms with Gasteiger partial charge in [0.05, 0.1) is 5.52 Å². The number of aromatic nitrogens is 1. The average molecular weight is 304 g/mol. The smallest absolute Gasteiger partial charge is 0.243 e. The Morgan fingerprint density at radius 3 is 2.47 bits per heavy atom. The Kier molecular flexibility index (Phi) is 3.12. The molecule has 1 aromatic heterocycles. The minimum absolute atomic E-state index is 0.161. The summed E-state index contributed by atoms with van der Waals surface area (Å²) in [7, 11) is 0. The summed E-state index contributed by atoms with van der Waals surface area (Å²) in [5, 5.41) is 0.710. The predicted octanol–water partition coefficient (Wildman–Crippen LogP) is 4.71. The molecule has 1 unspecified atom stereocenters. The van der Waals surface area contributed by atoms with Gasteiger partial charge in [0, 0.05) is 10.2 Å². The highest BCUT2D eigenvalue weighted by Gasteiger charge is 2.32. The minimum atomic E-state index is -4.39. The predicted molar refractivity (Wildman–Crippen MR) is 64.1 cm³/mol. The van der Waals surface area contributed by atoms with Crippen molar-refractivity contribution in [3.63, 3.8) is 0 Å². The van der Waals surface area contributed by atoms with Crippen LogP contribution in [0.2, 0.25) is 0 Å². The summed E-state index contributed by atoms with van der Waals surface area (Å²) in [5.74, 6) is 0. The van der Waals surface area contributed by atoms with Crippen LogP contribution in [-0.4, -0.2) is 4.98 Å². The van der Waals surface area contributed by atoms with E-state index in [9.17, 15) is 13.2 Å². The Hall–Kier alpha value is -1.10. The normalized spacial score (nSPS) is 13.9. The lowest BCUT2D eigenvalue weighted by atomic mass is 10.1. The Bertz CT molecular complexity index is 549. The number of fused-ring (bicyclic) bond motifs is 1. The van der Waals surface area contributed by atoms with Gasteiger partial charge in [-0.15, -0.1) is 0 Å². The van der Waals surface area contributed by atoms with Crippen molar-refractivity contribution in [1.82, 2.24) is 4.98 Å². The molecule has 0 aliphatic rings. The van der Waals surface area contributed by atoms with Crippen molar-refractivity contribution < 1.29 is 13.2 Å². The van der Waals surface area contributed by atoms with Gasteiger partial charge in [-0.1, -0.05) is 28.1 Å². The molecule has 0 saturated carbocycles. The molecule has 0 N–H and O–H groups in total.